The summed E-state index contributed by atoms with van der Waals surface area (Å²) in [7, 11) is 0. The summed E-state index contributed by atoms with van der Waals surface area (Å²) in [5.41, 5.74) is 1.99. The van der Waals surface area contributed by atoms with Crippen LogP contribution in [0.25, 0.3) is 0 Å². The zero-order valence-corrected chi connectivity index (χ0v) is 11.4. The Bertz CT molecular complexity index is 533. The molecule has 0 fully saturated rings. The van der Waals surface area contributed by atoms with E-state index in [-0.39, 0.29) is 11.6 Å². The lowest BCUT2D eigenvalue weighted by Crippen LogP contribution is -2.02. The first-order valence-corrected chi connectivity index (χ1v) is 6.01. The second-order valence-corrected chi connectivity index (χ2v) is 4.18. The molecule has 3 nitrogen and oxygen atoms in total. The Labute approximate surface area is 113 Å². The third-order valence-corrected chi connectivity index (χ3v) is 2.41. The molecule has 98 valence electrons. The second-order valence-electron chi connectivity index (χ2n) is 4.18. The number of hydrogen-bond donors (Lipinski definition) is 0. The molecule has 1 heterocycles. The number of aryl methyl sites for hydroxylation is 1. The molecule has 0 saturated carbocycles. The lowest BCUT2D eigenvalue weighted by atomic mass is 10.2. The largest absolute Gasteiger partial charge is 0.293 e. The van der Waals surface area contributed by atoms with Crippen molar-refractivity contribution in [2.24, 2.45) is 0 Å². The smallest absolute Gasteiger partial charge is 0.178 e. The van der Waals surface area contributed by atoms with E-state index in [2.05, 4.69) is 24.0 Å². The molecule has 0 unspecified atom stereocenters. The summed E-state index contributed by atoms with van der Waals surface area (Å²) in [6.07, 6.45) is 0. The van der Waals surface area contributed by atoms with Crippen LogP contribution in [0.1, 0.15) is 40.4 Å². The Kier molecular flexibility index (Phi) is 5.61. The van der Waals surface area contributed by atoms with Crippen molar-refractivity contribution in [3.05, 3.63) is 65.5 Å². The van der Waals surface area contributed by atoms with Gasteiger partial charge in [-0.25, -0.2) is 4.98 Å². The monoisotopic (exact) mass is 255 g/mol. The highest BCUT2D eigenvalue weighted by Crippen LogP contribution is 2.00. The summed E-state index contributed by atoms with van der Waals surface area (Å²) < 4.78 is 0. The van der Waals surface area contributed by atoms with Crippen molar-refractivity contribution in [1.82, 2.24) is 4.98 Å². The van der Waals surface area contributed by atoms with Crippen LogP contribution in [0, 0.1) is 6.92 Å². The lowest BCUT2D eigenvalue weighted by molar-refractivity contribution is 0.101. The Hall–Kier alpha value is -2.29. The van der Waals surface area contributed by atoms with Gasteiger partial charge < -0.3 is 0 Å². The second kappa shape index (κ2) is 7.21. The zero-order chi connectivity index (χ0) is 14.3. The van der Waals surface area contributed by atoms with Gasteiger partial charge in [0.15, 0.2) is 11.6 Å². The van der Waals surface area contributed by atoms with Gasteiger partial charge in [0, 0.05) is 13.8 Å². The Morgan fingerprint density at radius 3 is 1.58 bits per heavy atom. The average molecular weight is 255 g/mol. The SMILES string of the molecule is CC(=O)c1cccc(C(C)=O)n1.Cc1ccccc1. The molecule has 0 spiro atoms. The minimum atomic E-state index is -0.127. The molecule has 0 N–H and O–H groups in total. The Morgan fingerprint density at radius 1 is 0.789 bits per heavy atom. The van der Waals surface area contributed by atoms with Crippen LogP contribution in [-0.4, -0.2) is 16.6 Å². The number of nitrogens with zero attached hydrogens (tertiary/aromatic N) is 1. The molecule has 0 aliphatic heterocycles. The summed E-state index contributed by atoms with van der Waals surface area (Å²) in [5.74, 6) is -0.254. The number of carbonyl (C=O) groups excluding carboxylic acids is 2. The fourth-order valence-electron chi connectivity index (χ4n) is 1.36. The van der Waals surface area contributed by atoms with E-state index in [1.54, 1.807) is 18.2 Å². The van der Waals surface area contributed by atoms with E-state index >= 15 is 0 Å². The number of aromatic nitrogens is 1. The predicted molar refractivity (Wildman–Crippen MR) is 75.4 cm³/mol. The van der Waals surface area contributed by atoms with Crippen LogP contribution in [0.15, 0.2) is 48.5 Å². The molecule has 3 heteroatoms. The maximum Gasteiger partial charge on any atom is 0.178 e. The van der Waals surface area contributed by atoms with Crippen molar-refractivity contribution >= 4 is 11.6 Å². The molecule has 2 aromatic rings. The summed E-state index contributed by atoms with van der Waals surface area (Å²) >= 11 is 0. The normalized spacial score (nSPS) is 9.21. The van der Waals surface area contributed by atoms with Crippen LogP contribution in [0.3, 0.4) is 0 Å². The average Bonchev–Trinajstić information content (AvgIpc) is 2.40. The van der Waals surface area contributed by atoms with Gasteiger partial charge in [-0.1, -0.05) is 42.0 Å². The van der Waals surface area contributed by atoms with Crippen molar-refractivity contribution in [3.63, 3.8) is 0 Å². The maximum atomic E-state index is 10.8. The van der Waals surface area contributed by atoms with Gasteiger partial charge in [-0.05, 0) is 19.1 Å². The number of pyridine rings is 1. The molecule has 0 saturated heterocycles. The van der Waals surface area contributed by atoms with Crippen molar-refractivity contribution < 1.29 is 9.59 Å². The predicted octanol–water partition coefficient (Wildman–Crippen LogP) is 3.48. The van der Waals surface area contributed by atoms with E-state index in [0.29, 0.717) is 11.4 Å². The fraction of sp³-hybridized carbons (Fsp3) is 0.188. The topological polar surface area (TPSA) is 47.0 Å². The molecule has 0 amide bonds. The van der Waals surface area contributed by atoms with Crippen molar-refractivity contribution in [3.8, 4) is 0 Å². The molecule has 19 heavy (non-hydrogen) atoms. The number of carbonyl (C=O) groups is 2. The van der Waals surface area contributed by atoms with E-state index < -0.39 is 0 Å². The molecule has 0 bridgehead atoms. The summed E-state index contributed by atoms with van der Waals surface area (Å²) in [5, 5.41) is 0. The quantitative estimate of drug-likeness (QED) is 0.772. The molecule has 2 rings (SSSR count). The molecule has 1 aromatic heterocycles. The van der Waals surface area contributed by atoms with Crippen LogP contribution < -0.4 is 0 Å². The molecule has 0 radical (unpaired) electrons. The number of benzene rings is 1. The number of hydrogen-bond acceptors (Lipinski definition) is 3. The van der Waals surface area contributed by atoms with Gasteiger partial charge in [0.2, 0.25) is 0 Å². The molecule has 1 aromatic carbocycles. The van der Waals surface area contributed by atoms with Crippen molar-refractivity contribution in [2.45, 2.75) is 20.8 Å². The first-order chi connectivity index (χ1) is 9.00. The van der Waals surface area contributed by atoms with E-state index in [9.17, 15) is 9.59 Å². The van der Waals surface area contributed by atoms with Gasteiger partial charge in [0.25, 0.3) is 0 Å². The minimum Gasteiger partial charge on any atom is -0.293 e. The number of rotatable bonds is 2. The van der Waals surface area contributed by atoms with E-state index in [4.69, 9.17) is 0 Å². The van der Waals surface area contributed by atoms with Gasteiger partial charge in [0.05, 0.1) is 0 Å². The highest BCUT2D eigenvalue weighted by molar-refractivity contribution is 5.96. The van der Waals surface area contributed by atoms with Crippen LogP contribution >= 0.6 is 0 Å². The van der Waals surface area contributed by atoms with Crippen LogP contribution in [-0.2, 0) is 0 Å². The third-order valence-electron chi connectivity index (χ3n) is 2.41. The maximum absolute atomic E-state index is 10.8. The minimum absolute atomic E-state index is 0.127. The lowest BCUT2D eigenvalue weighted by Gasteiger charge is -1.96. The van der Waals surface area contributed by atoms with E-state index in [1.165, 1.54) is 19.4 Å². The molecule has 0 atom stereocenters. The van der Waals surface area contributed by atoms with Crippen molar-refractivity contribution in [1.29, 1.82) is 0 Å². The van der Waals surface area contributed by atoms with Crippen LogP contribution in [0.5, 0.6) is 0 Å². The van der Waals surface area contributed by atoms with Gasteiger partial charge in [-0.2, -0.15) is 0 Å². The van der Waals surface area contributed by atoms with Gasteiger partial charge in [-0.3, -0.25) is 9.59 Å². The number of ketones is 2. The highest BCUT2D eigenvalue weighted by Gasteiger charge is 2.04. The van der Waals surface area contributed by atoms with Gasteiger partial charge >= 0.3 is 0 Å². The highest BCUT2D eigenvalue weighted by atomic mass is 16.1. The van der Waals surface area contributed by atoms with Crippen LogP contribution in [0.4, 0.5) is 0 Å². The summed E-state index contributed by atoms with van der Waals surface area (Å²) in [4.78, 5) is 25.6. The Balaban J connectivity index is 0.000000218. The summed E-state index contributed by atoms with van der Waals surface area (Å²) in [6, 6.07) is 15.1. The zero-order valence-electron chi connectivity index (χ0n) is 11.4. The number of Topliss-reactive ketones (excluding diaryl/α,β-unsaturated/α-hetero) is 2. The van der Waals surface area contributed by atoms with Crippen molar-refractivity contribution in [2.75, 3.05) is 0 Å². The summed E-state index contributed by atoms with van der Waals surface area (Å²) in [6.45, 7) is 4.93. The molecular formula is C16H17NO2. The first kappa shape index (κ1) is 14.8. The first-order valence-electron chi connectivity index (χ1n) is 6.01. The molecule has 0 aliphatic rings. The van der Waals surface area contributed by atoms with Gasteiger partial charge in [0.1, 0.15) is 11.4 Å². The standard InChI is InChI=1S/C9H9NO2.C7H8/c1-6(11)8-4-3-5-9(10-8)7(2)12;1-7-5-3-2-4-6-7/h3-5H,1-2H3;2-6H,1H3. The molecule has 0 aliphatic carbocycles. The van der Waals surface area contributed by atoms with Crippen LogP contribution in [0.2, 0.25) is 0 Å². The van der Waals surface area contributed by atoms with Gasteiger partial charge in [-0.15, -0.1) is 0 Å². The van der Waals surface area contributed by atoms with E-state index in [1.807, 2.05) is 18.2 Å². The third kappa shape index (κ3) is 5.25. The molecular weight excluding hydrogens is 238 g/mol. The fourth-order valence-corrected chi connectivity index (χ4v) is 1.36. The Morgan fingerprint density at radius 2 is 1.26 bits per heavy atom. The van der Waals surface area contributed by atoms with E-state index in [0.717, 1.165) is 0 Å².